The molecule has 0 saturated carbocycles. The molecule has 15 heavy (non-hydrogen) atoms. The number of nitrogens with two attached hydrogens (primary N) is 1. The Morgan fingerprint density at radius 1 is 1.20 bits per heavy atom. The van der Waals surface area contributed by atoms with Gasteiger partial charge in [0.2, 0.25) is 0 Å². The van der Waals surface area contributed by atoms with Gasteiger partial charge in [-0.05, 0) is 25.8 Å². The first-order chi connectivity index (χ1) is 7.13. The van der Waals surface area contributed by atoms with Gasteiger partial charge >= 0.3 is 0 Å². The molecule has 0 unspecified atom stereocenters. The first kappa shape index (κ1) is 13.8. The molecule has 0 aliphatic carbocycles. The normalized spacial score (nSPS) is 10.6. The number of halogens is 1. The summed E-state index contributed by atoms with van der Waals surface area (Å²) < 4.78 is 11.4. The van der Waals surface area contributed by atoms with Gasteiger partial charge in [0.05, 0.1) is 6.33 Å². The predicted molar refractivity (Wildman–Crippen MR) is 64.5 cm³/mol. The molecule has 1 nitrogen and oxygen atoms in total. The summed E-state index contributed by atoms with van der Waals surface area (Å²) in [6.07, 6.45) is 1.28. The number of hydrogen-bond donors (Lipinski definition) is 1. The second-order valence-corrected chi connectivity index (χ2v) is 3.48. The van der Waals surface area contributed by atoms with Crippen molar-refractivity contribution in [3.63, 3.8) is 0 Å². The molecule has 1 aromatic rings. The van der Waals surface area contributed by atoms with Gasteiger partial charge in [0.25, 0.3) is 0 Å². The smallest absolute Gasteiger partial charge is 0.0871 e. The lowest BCUT2D eigenvalue weighted by molar-refractivity contribution is 0.698. The lowest BCUT2D eigenvalue weighted by Crippen LogP contribution is -2.00. The van der Waals surface area contributed by atoms with E-state index in [1.54, 1.807) is 0 Å². The lowest BCUT2D eigenvalue weighted by atomic mass is 10.2. The topological polar surface area (TPSA) is 26.0 Å². The van der Waals surface area contributed by atoms with Crippen molar-refractivity contribution in [2.45, 2.75) is 27.2 Å². The fourth-order valence-electron chi connectivity index (χ4n) is 0.903. The Labute approximate surface area is 91.8 Å². The van der Waals surface area contributed by atoms with Gasteiger partial charge < -0.3 is 5.73 Å². The van der Waals surface area contributed by atoms with Crippen LogP contribution in [-0.2, 0) is 0 Å². The Hall–Kier alpha value is -1.15. The highest BCUT2D eigenvalue weighted by Crippen LogP contribution is 1.99. The molecule has 1 aromatic carbocycles. The van der Waals surface area contributed by atoms with E-state index in [2.05, 4.69) is 38.1 Å². The minimum absolute atomic E-state index is 0.340. The van der Waals surface area contributed by atoms with E-state index >= 15 is 0 Å². The summed E-state index contributed by atoms with van der Waals surface area (Å²) in [5, 5.41) is 0. The minimum Gasteiger partial charge on any atom is -0.327 e. The zero-order chi connectivity index (χ0) is 11.7. The van der Waals surface area contributed by atoms with Crippen molar-refractivity contribution in [1.82, 2.24) is 0 Å². The third kappa shape index (κ3) is 6.86. The highest BCUT2D eigenvalue weighted by atomic mass is 19.1. The highest BCUT2D eigenvalue weighted by molar-refractivity contribution is 5.19. The van der Waals surface area contributed by atoms with Gasteiger partial charge in [-0.15, -0.1) is 0 Å². The molecule has 0 aromatic heterocycles. The second-order valence-electron chi connectivity index (χ2n) is 3.48. The van der Waals surface area contributed by atoms with Crippen molar-refractivity contribution in [3.05, 3.63) is 47.3 Å². The maximum absolute atomic E-state index is 11.4. The van der Waals surface area contributed by atoms with Crippen LogP contribution in [0.3, 0.4) is 0 Å². The monoisotopic (exact) mass is 209 g/mol. The van der Waals surface area contributed by atoms with E-state index in [4.69, 9.17) is 5.73 Å². The molecule has 0 fully saturated rings. The quantitative estimate of drug-likeness (QED) is 0.792. The van der Waals surface area contributed by atoms with Gasteiger partial charge in [-0.2, -0.15) is 0 Å². The van der Waals surface area contributed by atoms with Crippen molar-refractivity contribution in [1.29, 1.82) is 0 Å². The van der Waals surface area contributed by atoms with Gasteiger partial charge in [0.15, 0.2) is 0 Å². The van der Waals surface area contributed by atoms with Crippen LogP contribution < -0.4 is 5.73 Å². The van der Waals surface area contributed by atoms with Crippen LogP contribution in [0.15, 0.2) is 36.2 Å². The zero-order valence-electron chi connectivity index (χ0n) is 9.76. The molecule has 0 amide bonds. The molecule has 1 rings (SSSR count). The molecular weight excluding hydrogens is 189 g/mol. The van der Waals surface area contributed by atoms with E-state index < -0.39 is 0 Å². The molecule has 0 aliphatic heterocycles. The van der Waals surface area contributed by atoms with E-state index in [-0.39, 0.29) is 0 Å². The van der Waals surface area contributed by atoms with Crippen LogP contribution in [0.1, 0.15) is 24.5 Å². The van der Waals surface area contributed by atoms with Gasteiger partial charge in [0, 0.05) is 6.54 Å². The molecule has 0 spiro atoms. The minimum atomic E-state index is 0.340. The Morgan fingerprint density at radius 2 is 1.60 bits per heavy atom. The third-order valence-electron chi connectivity index (χ3n) is 2.09. The number of rotatable bonds is 2. The van der Waals surface area contributed by atoms with Gasteiger partial charge in [0.1, 0.15) is 0 Å². The van der Waals surface area contributed by atoms with Crippen LogP contribution >= 0.6 is 0 Å². The number of aryl methyl sites for hydroxylation is 2. The van der Waals surface area contributed by atoms with E-state index in [1.807, 2.05) is 6.92 Å². The highest BCUT2D eigenvalue weighted by Gasteiger charge is 1.85. The van der Waals surface area contributed by atoms with Crippen molar-refractivity contribution in [3.8, 4) is 0 Å². The van der Waals surface area contributed by atoms with Crippen molar-refractivity contribution in [2.75, 3.05) is 6.54 Å². The SMILES string of the molecule is CC/C(=C/F)CN.Cc1ccc(C)cc1. The average molecular weight is 209 g/mol. The number of benzene rings is 1. The maximum atomic E-state index is 11.4. The summed E-state index contributed by atoms with van der Waals surface area (Å²) in [5.74, 6) is 0. The average Bonchev–Trinajstić information content (AvgIpc) is 2.26. The van der Waals surface area contributed by atoms with Crippen molar-refractivity contribution < 1.29 is 4.39 Å². The lowest BCUT2D eigenvalue weighted by Gasteiger charge is -1.91. The second kappa shape index (κ2) is 8.18. The Morgan fingerprint density at radius 3 is 1.73 bits per heavy atom. The molecular formula is C13H20FN. The fraction of sp³-hybridized carbons (Fsp3) is 0.385. The standard InChI is InChI=1S/C8H10.C5H10FN/c1-7-3-5-8(2)6-4-7;1-2-5(3-6)4-7/h3-6H,1-2H3;3H,2,4,7H2,1H3/b;5-3-. The van der Waals surface area contributed by atoms with E-state index in [0.717, 1.165) is 0 Å². The van der Waals surface area contributed by atoms with E-state index in [1.165, 1.54) is 11.1 Å². The third-order valence-corrected chi connectivity index (χ3v) is 2.09. The fourth-order valence-corrected chi connectivity index (χ4v) is 0.903. The first-order valence-electron chi connectivity index (χ1n) is 5.15. The van der Waals surface area contributed by atoms with Crippen LogP contribution in [0.2, 0.25) is 0 Å². The summed E-state index contributed by atoms with van der Waals surface area (Å²) in [6, 6.07) is 8.48. The summed E-state index contributed by atoms with van der Waals surface area (Å²) >= 11 is 0. The first-order valence-corrected chi connectivity index (χ1v) is 5.15. The molecule has 0 atom stereocenters. The molecule has 0 heterocycles. The van der Waals surface area contributed by atoms with Crippen molar-refractivity contribution in [2.24, 2.45) is 5.73 Å². The summed E-state index contributed by atoms with van der Waals surface area (Å²) in [6.45, 7) is 6.41. The molecule has 2 N–H and O–H groups in total. The summed E-state index contributed by atoms with van der Waals surface area (Å²) in [5.41, 5.74) is 8.41. The summed E-state index contributed by atoms with van der Waals surface area (Å²) in [7, 11) is 0. The van der Waals surface area contributed by atoms with Crippen LogP contribution in [0.25, 0.3) is 0 Å². The van der Waals surface area contributed by atoms with Gasteiger partial charge in [-0.1, -0.05) is 42.3 Å². The zero-order valence-corrected chi connectivity index (χ0v) is 9.76. The molecule has 0 bridgehead atoms. The van der Waals surface area contributed by atoms with E-state index in [0.29, 0.717) is 24.9 Å². The molecule has 0 saturated heterocycles. The van der Waals surface area contributed by atoms with Crippen LogP contribution in [0.5, 0.6) is 0 Å². The Kier molecular flexibility index (Phi) is 7.56. The molecule has 84 valence electrons. The Bertz CT molecular complexity index is 261. The van der Waals surface area contributed by atoms with Crippen LogP contribution in [0.4, 0.5) is 4.39 Å². The van der Waals surface area contributed by atoms with Crippen LogP contribution in [0, 0.1) is 13.8 Å². The maximum Gasteiger partial charge on any atom is 0.0871 e. The number of hydrogen-bond acceptors (Lipinski definition) is 1. The largest absolute Gasteiger partial charge is 0.327 e. The van der Waals surface area contributed by atoms with E-state index in [9.17, 15) is 4.39 Å². The van der Waals surface area contributed by atoms with Gasteiger partial charge in [-0.25, -0.2) is 4.39 Å². The molecule has 2 heteroatoms. The molecule has 0 aliphatic rings. The van der Waals surface area contributed by atoms with Gasteiger partial charge in [-0.3, -0.25) is 0 Å². The van der Waals surface area contributed by atoms with Crippen molar-refractivity contribution >= 4 is 0 Å². The molecule has 0 radical (unpaired) electrons. The van der Waals surface area contributed by atoms with Crippen LogP contribution in [-0.4, -0.2) is 6.54 Å². The predicted octanol–water partition coefficient (Wildman–Crippen LogP) is 3.51. The Balaban J connectivity index is 0.000000265. The summed E-state index contributed by atoms with van der Waals surface area (Å²) in [4.78, 5) is 0.